The van der Waals surface area contributed by atoms with E-state index in [0.717, 1.165) is 27.8 Å². The van der Waals surface area contributed by atoms with E-state index < -0.39 is 17.9 Å². The van der Waals surface area contributed by atoms with Crippen LogP contribution in [-0.4, -0.2) is 48.3 Å². The number of nitrogens with one attached hydrogen (secondary N) is 3. The maximum absolute atomic E-state index is 12.7. The lowest BCUT2D eigenvalue weighted by Gasteiger charge is -2.12. The van der Waals surface area contributed by atoms with E-state index in [1.165, 1.54) is 12.3 Å². The Balaban J connectivity index is 1.30. The van der Waals surface area contributed by atoms with Gasteiger partial charge in [0.25, 0.3) is 5.91 Å². The normalized spacial score (nSPS) is 12.0. The summed E-state index contributed by atoms with van der Waals surface area (Å²) in [7, 11) is 0. The molecule has 1 atom stereocenters. The molecule has 0 saturated heterocycles. The third kappa shape index (κ3) is 4.11. The molecule has 0 aliphatic rings. The summed E-state index contributed by atoms with van der Waals surface area (Å²) in [5.41, 5.74) is 2.14. The van der Waals surface area contributed by atoms with E-state index in [4.69, 9.17) is 0 Å². The molecule has 170 valence electrons. The fraction of sp³-hybridized carbons (Fsp3) is 0.0870. The van der Waals surface area contributed by atoms with Crippen LogP contribution in [-0.2, 0) is 11.2 Å². The highest BCUT2D eigenvalue weighted by molar-refractivity contribution is 7.19. The Hall–Kier alpha value is -4.51. The first-order valence-electron chi connectivity index (χ1n) is 10.3. The van der Waals surface area contributed by atoms with E-state index in [0.29, 0.717) is 10.9 Å². The van der Waals surface area contributed by atoms with Crippen LogP contribution in [0.25, 0.3) is 21.8 Å². The number of carbonyl (C=O) groups excluding carboxylic acids is 1. The molecule has 5 aromatic rings. The summed E-state index contributed by atoms with van der Waals surface area (Å²) in [4.78, 5) is 31.8. The Kier molecular flexibility index (Phi) is 5.52. The summed E-state index contributed by atoms with van der Waals surface area (Å²) in [6, 6.07) is 13.4. The topological polar surface area (TPSA) is 153 Å². The largest absolute Gasteiger partial charge is 0.505 e. The second-order valence-corrected chi connectivity index (χ2v) is 8.48. The number of aromatic amines is 1. The summed E-state index contributed by atoms with van der Waals surface area (Å²) in [5, 5.41) is 35.5. The highest BCUT2D eigenvalue weighted by Gasteiger charge is 2.22. The molecule has 0 bridgehead atoms. The Morgan fingerprint density at radius 2 is 1.88 bits per heavy atom. The first kappa shape index (κ1) is 21.3. The third-order valence-electron chi connectivity index (χ3n) is 5.33. The quantitative estimate of drug-likeness (QED) is 0.240. The van der Waals surface area contributed by atoms with Crippen molar-refractivity contribution in [1.29, 1.82) is 0 Å². The lowest BCUT2D eigenvalue weighted by atomic mass is 10.1. The zero-order chi connectivity index (χ0) is 23.7. The molecule has 3 heterocycles. The second-order valence-electron chi connectivity index (χ2n) is 7.50. The van der Waals surface area contributed by atoms with Crippen molar-refractivity contribution in [1.82, 2.24) is 20.2 Å². The van der Waals surface area contributed by atoms with Crippen molar-refractivity contribution in [3.63, 3.8) is 0 Å². The third-order valence-corrected chi connectivity index (χ3v) is 6.10. The monoisotopic (exact) mass is 474 g/mol. The maximum atomic E-state index is 12.7. The van der Waals surface area contributed by atoms with Gasteiger partial charge in [-0.15, -0.1) is 10.2 Å². The minimum atomic E-state index is -1.04. The van der Waals surface area contributed by atoms with Gasteiger partial charge in [-0.1, -0.05) is 41.7 Å². The number of phenols is 1. The number of amides is 1. The average Bonchev–Trinajstić information content (AvgIpc) is 3.45. The number of nitrogens with zero attached hydrogens (tertiary/aromatic N) is 3. The number of benzene rings is 2. The minimum Gasteiger partial charge on any atom is -0.505 e. The maximum Gasteiger partial charge on any atom is 0.326 e. The van der Waals surface area contributed by atoms with Gasteiger partial charge in [0.1, 0.15) is 11.6 Å². The number of hydrogen-bond donors (Lipinski definition) is 5. The number of rotatable bonds is 7. The van der Waals surface area contributed by atoms with Crippen LogP contribution in [0.4, 0.5) is 10.3 Å². The standard InChI is InChI=1S/C23H18N6O4S/c30-19-15(8-7-12-4-3-9-24-18(12)19)20(31)27-23-29-28-22(34-23)26-17(21(32)33)10-13-11-25-16-6-2-1-5-14(13)16/h1-9,11,17,25,30H,10H2,(H,26,28)(H,32,33)(H,27,29,31). The molecule has 0 fully saturated rings. The molecule has 0 radical (unpaired) electrons. The summed E-state index contributed by atoms with van der Waals surface area (Å²) < 4.78 is 0. The smallest absolute Gasteiger partial charge is 0.326 e. The molecule has 1 unspecified atom stereocenters. The van der Waals surface area contributed by atoms with Gasteiger partial charge in [0, 0.05) is 35.1 Å². The van der Waals surface area contributed by atoms with Crippen molar-refractivity contribution >= 4 is 55.3 Å². The number of pyridine rings is 1. The van der Waals surface area contributed by atoms with Gasteiger partial charge in [-0.2, -0.15) is 0 Å². The number of carboxylic acids is 1. The fourth-order valence-electron chi connectivity index (χ4n) is 3.68. The van der Waals surface area contributed by atoms with E-state index in [9.17, 15) is 19.8 Å². The number of aliphatic carboxylic acids is 1. The molecule has 5 rings (SSSR count). The summed E-state index contributed by atoms with van der Waals surface area (Å²) >= 11 is 0.994. The SMILES string of the molecule is O=C(Nc1nnc(NC(Cc2c[nH]c3ccccc23)C(=O)O)s1)c1ccc2cccnc2c1O. The summed E-state index contributed by atoms with van der Waals surface area (Å²) in [6.07, 6.45) is 3.54. The molecule has 2 aromatic carbocycles. The van der Waals surface area contributed by atoms with E-state index in [2.05, 4.69) is 30.8 Å². The molecular formula is C23H18N6O4S. The van der Waals surface area contributed by atoms with Crippen molar-refractivity contribution in [2.45, 2.75) is 12.5 Å². The van der Waals surface area contributed by atoms with Crippen LogP contribution in [0.5, 0.6) is 5.75 Å². The lowest BCUT2D eigenvalue weighted by Crippen LogP contribution is -2.31. The highest BCUT2D eigenvalue weighted by Crippen LogP contribution is 2.29. The Morgan fingerprint density at radius 1 is 1.06 bits per heavy atom. The van der Waals surface area contributed by atoms with Gasteiger partial charge in [-0.3, -0.25) is 15.1 Å². The number of para-hydroxylation sites is 1. The number of hydrogen-bond acceptors (Lipinski definition) is 8. The molecule has 11 heteroatoms. The molecule has 1 amide bonds. The van der Waals surface area contributed by atoms with Gasteiger partial charge < -0.3 is 20.5 Å². The predicted octanol–water partition coefficient (Wildman–Crippen LogP) is 3.63. The van der Waals surface area contributed by atoms with Crippen LogP contribution in [0.15, 0.2) is 60.9 Å². The predicted molar refractivity (Wildman–Crippen MR) is 128 cm³/mol. The number of carboxylic acid groups (broad SMARTS) is 1. The van der Waals surface area contributed by atoms with Gasteiger partial charge >= 0.3 is 5.97 Å². The van der Waals surface area contributed by atoms with E-state index in [1.54, 1.807) is 24.4 Å². The number of fused-ring (bicyclic) bond motifs is 2. The van der Waals surface area contributed by atoms with Crippen LogP contribution < -0.4 is 10.6 Å². The average molecular weight is 475 g/mol. The number of phenolic OH excluding ortho intramolecular Hbond substituents is 1. The number of aromatic nitrogens is 4. The van der Waals surface area contributed by atoms with Crippen LogP contribution in [0.1, 0.15) is 15.9 Å². The van der Waals surface area contributed by atoms with E-state index in [-0.39, 0.29) is 28.0 Å². The van der Waals surface area contributed by atoms with E-state index >= 15 is 0 Å². The van der Waals surface area contributed by atoms with Crippen molar-refractivity contribution < 1.29 is 19.8 Å². The molecule has 0 saturated carbocycles. The molecule has 10 nitrogen and oxygen atoms in total. The van der Waals surface area contributed by atoms with Gasteiger partial charge in [-0.25, -0.2) is 4.79 Å². The van der Waals surface area contributed by atoms with Crippen LogP contribution in [0, 0.1) is 0 Å². The molecule has 5 N–H and O–H groups in total. The van der Waals surface area contributed by atoms with Crippen LogP contribution >= 0.6 is 11.3 Å². The molecule has 0 aliphatic heterocycles. The van der Waals surface area contributed by atoms with Gasteiger partial charge in [0.15, 0.2) is 5.75 Å². The van der Waals surface area contributed by atoms with Gasteiger partial charge in [0.05, 0.1) is 5.56 Å². The fourth-order valence-corrected chi connectivity index (χ4v) is 4.37. The van der Waals surface area contributed by atoms with E-state index in [1.807, 2.05) is 24.3 Å². The van der Waals surface area contributed by atoms with Crippen LogP contribution in [0.2, 0.25) is 0 Å². The summed E-state index contributed by atoms with van der Waals surface area (Å²) in [6.45, 7) is 0. The zero-order valence-corrected chi connectivity index (χ0v) is 18.3. The molecule has 34 heavy (non-hydrogen) atoms. The Bertz CT molecular complexity index is 1530. The van der Waals surface area contributed by atoms with Crippen LogP contribution in [0.3, 0.4) is 0 Å². The van der Waals surface area contributed by atoms with Crippen molar-refractivity contribution in [2.75, 3.05) is 10.6 Å². The van der Waals surface area contributed by atoms with Crippen molar-refractivity contribution in [3.8, 4) is 5.75 Å². The highest BCUT2D eigenvalue weighted by atomic mass is 32.1. The van der Waals surface area contributed by atoms with Crippen molar-refractivity contribution in [3.05, 3.63) is 72.1 Å². The molecular weight excluding hydrogens is 456 g/mol. The van der Waals surface area contributed by atoms with Gasteiger partial charge in [-0.05, 0) is 23.8 Å². The first-order chi connectivity index (χ1) is 16.5. The van der Waals surface area contributed by atoms with Gasteiger partial charge in [0.2, 0.25) is 10.3 Å². The lowest BCUT2D eigenvalue weighted by molar-refractivity contribution is -0.137. The number of anilines is 2. The Morgan fingerprint density at radius 3 is 2.74 bits per heavy atom. The number of H-pyrrole nitrogens is 1. The summed E-state index contributed by atoms with van der Waals surface area (Å²) in [5.74, 6) is -1.86. The minimum absolute atomic E-state index is 0.0404. The number of aromatic hydroxyl groups is 1. The molecule has 0 spiro atoms. The van der Waals surface area contributed by atoms with Crippen molar-refractivity contribution in [2.24, 2.45) is 0 Å². The second kappa shape index (κ2) is 8.79. The molecule has 3 aromatic heterocycles. The molecule has 0 aliphatic carbocycles. The zero-order valence-electron chi connectivity index (χ0n) is 17.5. The Labute approximate surface area is 196 Å². The first-order valence-corrected chi connectivity index (χ1v) is 11.1. The number of carbonyl (C=O) groups is 2.